The van der Waals surface area contributed by atoms with Gasteiger partial charge in [-0.2, -0.15) is 0 Å². The van der Waals surface area contributed by atoms with E-state index in [1.807, 2.05) is 66.7 Å². The zero-order chi connectivity index (χ0) is 19.1. The van der Waals surface area contributed by atoms with Crippen molar-refractivity contribution >= 4 is 17.5 Å². The van der Waals surface area contributed by atoms with E-state index in [-0.39, 0.29) is 11.0 Å². The van der Waals surface area contributed by atoms with Crippen LogP contribution in [-0.4, -0.2) is 20.0 Å². The molecule has 1 atom stereocenters. The molecule has 0 aliphatic rings. The summed E-state index contributed by atoms with van der Waals surface area (Å²) in [5, 5.41) is 0.0111. The third-order valence-electron chi connectivity index (χ3n) is 4.27. The Morgan fingerprint density at radius 2 is 1.48 bits per heavy atom. The topological polar surface area (TPSA) is 35.5 Å². The average Bonchev–Trinajstić information content (AvgIpc) is 2.74. The third-order valence-corrected chi connectivity index (χ3v) is 5.52. The highest BCUT2D eigenvalue weighted by Gasteiger charge is 2.19. The minimum Gasteiger partial charge on any atom is -0.493 e. The van der Waals surface area contributed by atoms with Crippen LogP contribution < -0.4 is 9.47 Å². The highest BCUT2D eigenvalue weighted by atomic mass is 32.2. The first kappa shape index (κ1) is 19.1. The van der Waals surface area contributed by atoms with E-state index in [9.17, 15) is 4.79 Å². The summed E-state index contributed by atoms with van der Waals surface area (Å²) < 4.78 is 10.7. The molecule has 0 heterocycles. The zero-order valence-corrected chi connectivity index (χ0v) is 16.2. The summed E-state index contributed by atoms with van der Waals surface area (Å²) in [5.41, 5.74) is 1.87. The van der Waals surface area contributed by atoms with Crippen molar-refractivity contribution < 1.29 is 14.3 Å². The molecule has 3 aromatic rings. The molecule has 0 N–H and O–H groups in total. The standard InChI is InChI=1S/C23H22O3S/c1-25-21-14-13-19(15-22(21)26-2)27-23(18-11-7-4-8-12-18)16-20(24)17-9-5-3-6-10-17/h3-15,23H,16H2,1-2H3/t23-/m0/s1. The van der Waals surface area contributed by atoms with E-state index in [1.54, 1.807) is 26.0 Å². The minimum atomic E-state index is 0.0111. The van der Waals surface area contributed by atoms with Crippen LogP contribution in [0.3, 0.4) is 0 Å². The molecule has 0 aliphatic heterocycles. The third kappa shape index (κ3) is 4.92. The number of ketones is 1. The number of carbonyl (C=O) groups is 1. The van der Waals surface area contributed by atoms with E-state index in [1.165, 1.54) is 0 Å². The van der Waals surface area contributed by atoms with Crippen LogP contribution in [0.2, 0.25) is 0 Å². The molecular weight excluding hydrogens is 356 g/mol. The van der Waals surface area contributed by atoms with Gasteiger partial charge in [0.05, 0.1) is 14.2 Å². The van der Waals surface area contributed by atoms with E-state index < -0.39 is 0 Å². The maximum atomic E-state index is 12.8. The monoisotopic (exact) mass is 378 g/mol. The molecule has 0 unspecified atom stereocenters. The number of ether oxygens (including phenoxy) is 2. The predicted octanol–water partition coefficient (Wildman–Crippen LogP) is 5.81. The molecule has 3 nitrogen and oxygen atoms in total. The van der Waals surface area contributed by atoms with Crippen LogP contribution in [0.4, 0.5) is 0 Å². The summed E-state index contributed by atoms with van der Waals surface area (Å²) in [4.78, 5) is 13.8. The Labute approximate surface area is 164 Å². The molecule has 27 heavy (non-hydrogen) atoms. The van der Waals surface area contributed by atoms with Crippen molar-refractivity contribution in [1.29, 1.82) is 0 Å². The largest absolute Gasteiger partial charge is 0.493 e. The van der Waals surface area contributed by atoms with Crippen LogP contribution in [0.25, 0.3) is 0 Å². The Bertz CT molecular complexity index is 879. The van der Waals surface area contributed by atoms with E-state index >= 15 is 0 Å². The number of hydrogen-bond donors (Lipinski definition) is 0. The van der Waals surface area contributed by atoms with Crippen molar-refractivity contribution in [2.75, 3.05) is 14.2 Å². The van der Waals surface area contributed by atoms with Crippen LogP contribution in [0.5, 0.6) is 11.5 Å². The second-order valence-corrected chi connectivity index (χ2v) is 7.30. The van der Waals surface area contributed by atoms with Gasteiger partial charge in [0.15, 0.2) is 17.3 Å². The van der Waals surface area contributed by atoms with Gasteiger partial charge in [-0.15, -0.1) is 11.8 Å². The van der Waals surface area contributed by atoms with Gasteiger partial charge in [0.25, 0.3) is 0 Å². The zero-order valence-electron chi connectivity index (χ0n) is 15.4. The molecule has 0 saturated heterocycles. The van der Waals surface area contributed by atoms with Crippen LogP contribution in [-0.2, 0) is 0 Å². The fourth-order valence-electron chi connectivity index (χ4n) is 2.86. The molecule has 0 radical (unpaired) electrons. The summed E-state index contributed by atoms with van der Waals surface area (Å²) in [7, 11) is 3.25. The van der Waals surface area contributed by atoms with Gasteiger partial charge in [-0.05, 0) is 23.8 Å². The molecule has 4 heteroatoms. The van der Waals surface area contributed by atoms with Crippen LogP contribution in [0, 0.1) is 0 Å². The fourth-order valence-corrected chi connectivity index (χ4v) is 4.04. The SMILES string of the molecule is COc1ccc(S[C@@H](CC(=O)c2ccccc2)c2ccccc2)cc1OC. The van der Waals surface area contributed by atoms with Gasteiger partial charge in [0.1, 0.15) is 0 Å². The molecule has 0 aromatic heterocycles. The molecule has 138 valence electrons. The maximum absolute atomic E-state index is 12.8. The van der Waals surface area contributed by atoms with Gasteiger partial charge in [0.2, 0.25) is 0 Å². The Morgan fingerprint density at radius 3 is 2.11 bits per heavy atom. The minimum absolute atomic E-state index is 0.0111. The van der Waals surface area contributed by atoms with E-state index in [4.69, 9.17) is 9.47 Å². The summed E-state index contributed by atoms with van der Waals surface area (Å²) in [6.07, 6.45) is 0.424. The summed E-state index contributed by atoms with van der Waals surface area (Å²) in [5.74, 6) is 1.51. The summed E-state index contributed by atoms with van der Waals surface area (Å²) in [6.45, 7) is 0. The van der Waals surface area contributed by atoms with Crippen molar-refractivity contribution in [3.8, 4) is 11.5 Å². The molecule has 3 aromatic carbocycles. The van der Waals surface area contributed by atoms with Gasteiger partial charge in [-0.3, -0.25) is 4.79 Å². The first-order valence-electron chi connectivity index (χ1n) is 8.73. The Kier molecular flexibility index (Phi) is 6.55. The van der Waals surface area contributed by atoms with Gasteiger partial charge < -0.3 is 9.47 Å². The molecule has 0 spiro atoms. The van der Waals surface area contributed by atoms with Crippen LogP contribution >= 0.6 is 11.8 Å². The lowest BCUT2D eigenvalue weighted by molar-refractivity contribution is 0.0982. The summed E-state index contributed by atoms with van der Waals surface area (Å²) >= 11 is 1.66. The lowest BCUT2D eigenvalue weighted by atomic mass is 10.0. The molecule has 0 bridgehead atoms. The van der Waals surface area contributed by atoms with Gasteiger partial charge in [0, 0.05) is 22.1 Å². The smallest absolute Gasteiger partial charge is 0.164 e. The molecule has 0 fully saturated rings. The second-order valence-electron chi connectivity index (χ2n) is 6.03. The maximum Gasteiger partial charge on any atom is 0.164 e. The van der Waals surface area contributed by atoms with Crippen molar-refractivity contribution in [2.24, 2.45) is 0 Å². The Balaban J connectivity index is 1.86. The number of rotatable bonds is 8. The van der Waals surface area contributed by atoms with Crippen molar-refractivity contribution in [1.82, 2.24) is 0 Å². The van der Waals surface area contributed by atoms with E-state index in [0.717, 1.165) is 16.0 Å². The lowest BCUT2D eigenvalue weighted by Crippen LogP contribution is -2.05. The average molecular weight is 378 g/mol. The van der Waals surface area contributed by atoms with Crippen LogP contribution in [0.15, 0.2) is 83.8 Å². The highest BCUT2D eigenvalue weighted by Crippen LogP contribution is 2.41. The molecule has 3 rings (SSSR count). The lowest BCUT2D eigenvalue weighted by Gasteiger charge is -2.18. The quantitative estimate of drug-likeness (QED) is 0.366. The van der Waals surface area contributed by atoms with Crippen molar-refractivity contribution in [3.63, 3.8) is 0 Å². The van der Waals surface area contributed by atoms with Crippen molar-refractivity contribution in [3.05, 3.63) is 90.0 Å². The fraction of sp³-hybridized carbons (Fsp3) is 0.174. The summed E-state index contributed by atoms with van der Waals surface area (Å²) in [6, 6.07) is 25.4. The predicted molar refractivity (Wildman–Crippen MR) is 110 cm³/mol. The Morgan fingerprint density at radius 1 is 0.852 bits per heavy atom. The number of Topliss-reactive ketones (excluding diaryl/α,β-unsaturated/α-hetero) is 1. The van der Waals surface area contributed by atoms with Gasteiger partial charge in [-0.25, -0.2) is 0 Å². The van der Waals surface area contributed by atoms with Crippen LogP contribution in [0.1, 0.15) is 27.6 Å². The molecular formula is C23H22O3S. The van der Waals surface area contributed by atoms with E-state index in [2.05, 4.69) is 12.1 Å². The number of benzene rings is 3. The number of hydrogen-bond acceptors (Lipinski definition) is 4. The number of methoxy groups -OCH3 is 2. The number of carbonyl (C=O) groups excluding carboxylic acids is 1. The molecule has 0 amide bonds. The second kappa shape index (κ2) is 9.28. The normalized spacial score (nSPS) is 11.6. The molecule has 0 saturated carbocycles. The first-order chi connectivity index (χ1) is 13.2. The van der Waals surface area contributed by atoms with Crippen molar-refractivity contribution in [2.45, 2.75) is 16.6 Å². The Hall–Kier alpha value is -2.72. The molecule has 0 aliphatic carbocycles. The van der Waals surface area contributed by atoms with E-state index in [0.29, 0.717) is 17.9 Å². The highest BCUT2D eigenvalue weighted by molar-refractivity contribution is 7.99. The van der Waals surface area contributed by atoms with Gasteiger partial charge in [-0.1, -0.05) is 60.7 Å². The first-order valence-corrected chi connectivity index (χ1v) is 9.61. The number of thioether (sulfide) groups is 1. The van der Waals surface area contributed by atoms with Gasteiger partial charge >= 0.3 is 0 Å².